The van der Waals surface area contributed by atoms with Crippen molar-refractivity contribution in [1.29, 1.82) is 0 Å². The van der Waals surface area contributed by atoms with Crippen LogP contribution in [-0.2, 0) is 26.2 Å². The van der Waals surface area contributed by atoms with Crippen LogP contribution >= 0.6 is 10.6 Å². The van der Waals surface area contributed by atoms with Crippen LogP contribution in [0.4, 0.5) is 0 Å². The molecule has 8 heteroatoms. The van der Waals surface area contributed by atoms with Crippen LogP contribution in [0.3, 0.4) is 0 Å². The van der Waals surface area contributed by atoms with E-state index in [1.807, 2.05) is 42.7 Å². The first kappa shape index (κ1) is 23.7. The topological polar surface area (TPSA) is 76.9 Å². The Kier molecular flexibility index (Phi) is 10.5. The molecule has 0 aliphatic rings. The van der Waals surface area contributed by atoms with Crippen molar-refractivity contribution in [3.63, 3.8) is 0 Å². The van der Waals surface area contributed by atoms with Crippen molar-refractivity contribution in [3.8, 4) is 0 Å². The molecule has 1 unspecified atom stereocenters. The van der Waals surface area contributed by atoms with E-state index in [4.69, 9.17) is 13.1 Å². The highest BCUT2D eigenvalue weighted by Crippen LogP contribution is 2.45. The molecule has 2 aromatic heterocycles. The molecule has 1 N–H and O–H groups in total. The molecule has 0 aromatic carbocycles. The minimum absolute atomic E-state index is 0.285. The minimum atomic E-state index is -1.47. The third-order valence-electron chi connectivity index (χ3n) is 4.51. The van der Waals surface area contributed by atoms with Crippen LogP contribution in [0.1, 0.15) is 17.8 Å². The maximum Gasteiger partial charge on any atom is 0.0900 e. The third kappa shape index (κ3) is 9.20. The van der Waals surface area contributed by atoms with Crippen molar-refractivity contribution in [2.75, 3.05) is 46.0 Å². The van der Waals surface area contributed by atoms with Gasteiger partial charge in [0.15, 0.2) is 0 Å². The first-order valence-electron chi connectivity index (χ1n) is 9.70. The van der Waals surface area contributed by atoms with Crippen LogP contribution < -0.4 is 0 Å². The predicted molar refractivity (Wildman–Crippen MR) is 116 cm³/mol. The van der Waals surface area contributed by atoms with Crippen LogP contribution in [0.25, 0.3) is 0 Å². The molecule has 0 bridgehead atoms. The van der Waals surface area contributed by atoms with Crippen LogP contribution in [0.5, 0.6) is 0 Å². The van der Waals surface area contributed by atoms with Crippen LogP contribution in [0.2, 0.25) is 0 Å². The number of hydrogen-bond donors (Lipinski definition) is 1. The van der Waals surface area contributed by atoms with E-state index in [0.717, 1.165) is 23.6 Å². The molecule has 0 saturated carbocycles. The predicted octanol–water partition coefficient (Wildman–Crippen LogP) is 2.80. The smallest absolute Gasteiger partial charge is 0.0900 e. The second-order valence-corrected chi connectivity index (χ2v) is 9.78. The summed E-state index contributed by atoms with van der Waals surface area (Å²) in [6.07, 6.45) is 5.78. The van der Waals surface area contributed by atoms with Gasteiger partial charge in [-0.2, -0.15) is 10.6 Å². The summed E-state index contributed by atoms with van der Waals surface area (Å²) >= 11 is 0. The lowest BCUT2D eigenvalue weighted by Crippen LogP contribution is -2.34. The Morgan fingerprint density at radius 3 is 2.07 bits per heavy atom. The first-order valence-corrected chi connectivity index (χ1v) is 11.8. The standard InChI is InChI=1S/C21H33N3O4S/c1-26-29(3,27-2)14-8-13-28-18-21(25)17-24(15-19-9-4-6-11-22-19)16-20-10-5-7-12-23-20/h4-7,9-12,21,25H,8,13-18H2,1-3H3. The maximum atomic E-state index is 10.5. The van der Waals surface area contributed by atoms with E-state index in [0.29, 0.717) is 26.2 Å². The van der Waals surface area contributed by atoms with Crippen molar-refractivity contribution < 1.29 is 18.2 Å². The number of hydrogen-bond acceptors (Lipinski definition) is 7. The average molecular weight is 424 g/mol. The minimum Gasteiger partial charge on any atom is -0.389 e. The highest BCUT2D eigenvalue weighted by Gasteiger charge is 2.15. The van der Waals surface area contributed by atoms with E-state index >= 15 is 0 Å². The average Bonchev–Trinajstić information content (AvgIpc) is 2.74. The van der Waals surface area contributed by atoms with Gasteiger partial charge in [0.1, 0.15) is 0 Å². The summed E-state index contributed by atoms with van der Waals surface area (Å²) in [6.45, 7) is 2.60. The molecular weight excluding hydrogens is 390 g/mol. The Hall–Kier alpha value is -1.55. The van der Waals surface area contributed by atoms with Gasteiger partial charge < -0.3 is 9.84 Å². The van der Waals surface area contributed by atoms with Gasteiger partial charge in [-0.1, -0.05) is 12.1 Å². The number of aliphatic hydroxyl groups is 1. The van der Waals surface area contributed by atoms with Crippen molar-refractivity contribution in [2.24, 2.45) is 0 Å². The molecule has 2 rings (SSSR count). The summed E-state index contributed by atoms with van der Waals surface area (Å²) in [5.74, 6) is 0.807. The van der Waals surface area contributed by atoms with Gasteiger partial charge in [0.05, 0.1) is 38.3 Å². The molecule has 0 aliphatic heterocycles. The molecule has 1 atom stereocenters. The Morgan fingerprint density at radius 1 is 1.00 bits per heavy atom. The van der Waals surface area contributed by atoms with E-state index in [-0.39, 0.29) is 6.61 Å². The zero-order chi connectivity index (χ0) is 21.0. The van der Waals surface area contributed by atoms with Crippen LogP contribution in [0.15, 0.2) is 48.8 Å². The van der Waals surface area contributed by atoms with Gasteiger partial charge in [-0.25, -0.2) is 0 Å². The summed E-state index contributed by atoms with van der Waals surface area (Å²) in [5.41, 5.74) is 1.91. The fourth-order valence-electron chi connectivity index (χ4n) is 2.85. The van der Waals surface area contributed by atoms with E-state index in [1.54, 1.807) is 26.6 Å². The largest absolute Gasteiger partial charge is 0.389 e. The van der Waals surface area contributed by atoms with Crippen LogP contribution in [0, 0.1) is 0 Å². The second kappa shape index (κ2) is 12.9. The SMILES string of the molecule is COS(C)(CCCOCC(O)CN(Cc1ccccn1)Cc1ccccn1)OC. The monoisotopic (exact) mass is 423 g/mol. The molecule has 162 valence electrons. The van der Waals surface area contributed by atoms with Gasteiger partial charge in [-0.3, -0.25) is 23.2 Å². The van der Waals surface area contributed by atoms with Crippen LogP contribution in [-0.4, -0.2) is 72.1 Å². The zero-order valence-corrected chi connectivity index (χ0v) is 18.4. The normalized spacial score (nSPS) is 13.6. The third-order valence-corrected chi connectivity index (χ3v) is 6.95. The van der Waals surface area contributed by atoms with Crippen molar-refractivity contribution in [3.05, 3.63) is 60.2 Å². The fraction of sp³-hybridized carbons (Fsp3) is 0.524. The van der Waals surface area contributed by atoms with E-state index in [9.17, 15) is 5.11 Å². The first-order chi connectivity index (χ1) is 14.0. The van der Waals surface area contributed by atoms with Crippen molar-refractivity contribution in [1.82, 2.24) is 14.9 Å². The van der Waals surface area contributed by atoms with Gasteiger partial charge in [0.2, 0.25) is 0 Å². The number of aliphatic hydroxyl groups excluding tert-OH is 1. The molecule has 29 heavy (non-hydrogen) atoms. The number of rotatable bonds is 14. The maximum absolute atomic E-state index is 10.5. The Bertz CT molecular complexity index is 633. The van der Waals surface area contributed by atoms with E-state index in [1.165, 1.54) is 0 Å². The van der Waals surface area contributed by atoms with Crippen molar-refractivity contribution in [2.45, 2.75) is 25.6 Å². The summed E-state index contributed by atoms with van der Waals surface area (Å²) in [4.78, 5) is 10.9. The number of ether oxygens (including phenoxy) is 1. The van der Waals surface area contributed by atoms with Gasteiger partial charge in [-0.05, 0) is 30.7 Å². The molecule has 0 fully saturated rings. The Labute approximate surface area is 175 Å². The molecule has 7 nitrogen and oxygen atoms in total. The van der Waals surface area contributed by atoms with E-state index < -0.39 is 16.7 Å². The number of aromatic nitrogens is 2. The number of nitrogens with zero attached hydrogens (tertiary/aromatic N) is 3. The quantitative estimate of drug-likeness (QED) is 0.468. The van der Waals surface area contributed by atoms with E-state index in [2.05, 4.69) is 14.9 Å². The molecule has 0 aliphatic carbocycles. The zero-order valence-electron chi connectivity index (χ0n) is 17.6. The molecule has 0 amide bonds. The number of pyridine rings is 2. The fourth-order valence-corrected chi connectivity index (χ4v) is 3.97. The Balaban J connectivity index is 1.80. The second-order valence-electron chi connectivity index (χ2n) is 6.86. The lowest BCUT2D eigenvalue weighted by molar-refractivity contribution is 0.0135. The van der Waals surface area contributed by atoms with Crippen molar-refractivity contribution >= 4 is 10.6 Å². The molecule has 0 spiro atoms. The lowest BCUT2D eigenvalue weighted by Gasteiger charge is -2.36. The highest BCUT2D eigenvalue weighted by atomic mass is 32.3. The van der Waals surface area contributed by atoms with Gasteiger partial charge in [0.25, 0.3) is 0 Å². The van der Waals surface area contributed by atoms with Gasteiger partial charge in [-0.15, -0.1) is 0 Å². The van der Waals surface area contributed by atoms with Gasteiger partial charge in [0, 0.05) is 50.6 Å². The molecule has 0 radical (unpaired) electrons. The summed E-state index contributed by atoms with van der Waals surface area (Å²) < 4.78 is 16.5. The van der Waals surface area contributed by atoms with Gasteiger partial charge >= 0.3 is 0 Å². The molecule has 0 saturated heterocycles. The molecular formula is C21H33N3O4S. The Morgan fingerprint density at radius 2 is 1.59 bits per heavy atom. The molecule has 2 aromatic rings. The summed E-state index contributed by atoms with van der Waals surface area (Å²) in [6, 6.07) is 11.7. The highest BCUT2D eigenvalue weighted by molar-refractivity contribution is 8.25. The summed E-state index contributed by atoms with van der Waals surface area (Å²) in [5, 5.41) is 10.5. The summed E-state index contributed by atoms with van der Waals surface area (Å²) in [7, 11) is 1.87. The molecule has 2 heterocycles. The lowest BCUT2D eigenvalue weighted by atomic mass is 10.2.